The molecule has 2 saturated carbocycles. The van der Waals surface area contributed by atoms with Gasteiger partial charge in [0.05, 0.1) is 0 Å². The SMILES string of the molecule is CN(C(=O)NC(C(=O)O)C1CC1)C1CCCC1. The minimum absolute atomic E-state index is 0.133. The van der Waals surface area contributed by atoms with Crippen molar-refractivity contribution in [2.45, 2.75) is 50.6 Å². The zero-order chi connectivity index (χ0) is 12.4. The Balaban J connectivity index is 1.87. The number of aliphatic carboxylic acids is 1. The Hall–Kier alpha value is -1.26. The number of carbonyl (C=O) groups is 2. The standard InChI is InChI=1S/C12H20N2O3/c1-14(9-4-2-3-5-9)12(17)13-10(11(15)16)8-6-7-8/h8-10H,2-7H2,1H3,(H,13,17)(H,15,16). The molecule has 2 aliphatic rings. The molecule has 1 unspecified atom stereocenters. The van der Waals surface area contributed by atoms with Crippen molar-refractivity contribution in [3.63, 3.8) is 0 Å². The van der Waals surface area contributed by atoms with Crippen LogP contribution in [0.5, 0.6) is 0 Å². The van der Waals surface area contributed by atoms with Gasteiger partial charge in [0.15, 0.2) is 0 Å². The molecule has 1 atom stereocenters. The number of hydrogen-bond acceptors (Lipinski definition) is 2. The van der Waals surface area contributed by atoms with Gasteiger partial charge in [0.1, 0.15) is 6.04 Å². The molecule has 2 rings (SSSR count). The Morgan fingerprint density at radius 2 is 1.82 bits per heavy atom. The molecule has 0 saturated heterocycles. The largest absolute Gasteiger partial charge is 0.480 e. The predicted octanol–water partition coefficient (Wildman–Crippen LogP) is 1.43. The highest BCUT2D eigenvalue weighted by Gasteiger charge is 2.38. The van der Waals surface area contributed by atoms with Crippen molar-refractivity contribution in [2.24, 2.45) is 5.92 Å². The van der Waals surface area contributed by atoms with Crippen molar-refractivity contribution in [3.8, 4) is 0 Å². The van der Waals surface area contributed by atoms with Gasteiger partial charge in [-0.1, -0.05) is 12.8 Å². The third kappa shape index (κ3) is 2.90. The van der Waals surface area contributed by atoms with Gasteiger partial charge in [0.2, 0.25) is 0 Å². The van der Waals surface area contributed by atoms with Crippen LogP contribution in [0.4, 0.5) is 4.79 Å². The van der Waals surface area contributed by atoms with E-state index in [9.17, 15) is 9.59 Å². The normalized spacial score (nSPS) is 22.2. The summed E-state index contributed by atoms with van der Waals surface area (Å²) in [5.74, 6) is -0.783. The summed E-state index contributed by atoms with van der Waals surface area (Å²) in [4.78, 5) is 24.6. The minimum Gasteiger partial charge on any atom is -0.480 e. The van der Waals surface area contributed by atoms with Crippen molar-refractivity contribution in [1.29, 1.82) is 0 Å². The Kier molecular flexibility index (Phi) is 3.54. The Morgan fingerprint density at radius 1 is 1.24 bits per heavy atom. The lowest BCUT2D eigenvalue weighted by atomic mass is 10.2. The highest BCUT2D eigenvalue weighted by atomic mass is 16.4. The highest BCUT2D eigenvalue weighted by Crippen LogP contribution is 2.33. The van der Waals surface area contributed by atoms with Gasteiger partial charge in [-0.2, -0.15) is 0 Å². The summed E-state index contributed by atoms with van der Waals surface area (Å²) >= 11 is 0. The van der Waals surface area contributed by atoms with E-state index < -0.39 is 12.0 Å². The number of hydrogen-bond donors (Lipinski definition) is 2. The molecule has 0 aliphatic heterocycles. The molecule has 96 valence electrons. The fourth-order valence-corrected chi connectivity index (χ4v) is 2.50. The number of rotatable bonds is 4. The van der Waals surface area contributed by atoms with Crippen LogP contribution >= 0.6 is 0 Å². The van der Waals surface area contributed by atoms with Crippen molar-refractivity contribution < 1.29 is 14.7 Å². The molecule has 0 spiro atoms. The van der Waals surface area contributed by atoms with Crippen LogP contribution in [0.15, 0.2) is 0 Å². The molecular formula is C12H20N2O3. The molecule has 0 aromatic rings. The van der Waals surface area contributed by atoms with Crippen LogP contribution in [0.2, 0.25) is 0 Å². The molecule has 0 radical (unpaired) electrons. The summed E-state index contributed by atoms with van der Waals surface area (Å²) in [7, 11) is 1.76. The fraction of sp³-hybridized carbons (Fsp3) is 0.833. The number of amides is 2. The van der Waals surface area contributed by atoms with Gasteiger partial charge >= 0.3 is 12.0 Å². The van der Waals surface area contributed by atoms with Crippen molar-refractivity contribution in [3.05, 3.63) is 0 Å². The van der Waals surface area contributed by atoms with Crippen LogP contribution in [0.25, 0.3) is 0 Å². The third-order valence-corrected chi connectivity index (χ3v) is 3.83. The zero-order valence-corrected chi connectivity index (χ0v) is 10.2. The van der Waals surface area contributed by atoms with Crippen molar-refractivity contribution in [1.82, 2.24) is 10.2 Å². The number of carboxylic acids is 1. The smallest absolute Gasteiger partial charge is 0.326 e. The summed E-state index contributed by atoms with van der Waals surface area (Å²) in [6.07, 6.45) is 6.20. The van der Waals surface area contributed by atoms with E-state index in [0.29, 0.717) is 0 Å². The number of carboxylic acid groups (broad SMARTS) is 1. The maximum Gasteiger partial charge on any atom is 0.326 e. The summed E-state index contributed by atoms with van der Waals surface area (Å²) in [5.41, 5.74) is 0. The first kappa shape index (κ1) is 12.2. The first-order valence-corrected chi connectivity index (χ1v) is 6.35. The number of nitrogens with zero attached hydrogens (tertiary/aromatic N) is 1. The van der Waals surface area contributed by atoms with E-state index in [4.69, 9.17) is 5.11 Å². The van der Waals surface area contributed by atoms with Crippen LogP contribution in [0.1, 0.15) is 38.5 Å². The number of nitrogens with one attached hydrogen (secondary N) is 1. The van der Waals surface area contributed by atoms with E-state index in [2.05, 4.69) is 5.32 Å². The fourth-order valence-electron chi connectivity index (χ4n) is 2.50. The maximum absolute atomic E-state index is 11.9. The van der Waals surface area contributed by atoms with Crippen LogP contribution in [-0.4, -0.2) is 41.1 Å². The first-order valence-electron chi connectivity index (χ1n) is 6.35. The van der Waals surface area contributed by atoms with Gasteiger partial charge < -0.3 is 15.3 Å². The van der Waals surface area contributed by atoms with Crippen LogP contribution in [-0.2, 0) is 4.79 Å². The third-order valence-electron chi connectivity index (χ3n) is 3.83. The van der Waals surface area contributed by atoms with E-state index in [-0.39, 0.29) is 18.0 Å². The van der Waals surface area contributed by atoms with Gasteiger partial charge in [-0.3, -0.25) is 0 Å². The summed E-state index contributed by atoms with van der Waals surface area (Å²) in [6.45, 7) is 0. The molecule has 2 aliphatic carbocycles. The molecule has 0 aromatic heterocycles. The van der Waals surface area contributed by atoms with Crippen LogP contribution in [0.3, 0.4) is 0 Å². The summed E-state index contributed by atoms with van der Waals surface area (Å²) < 4.78 is 0. The van der Waals surface area contributed by atoms with Crippen molar-refractivity contribution >= 4 is 12.0 Å². The molecule has 5 nitrogen and oxygen atoms in total. The second kappa shape index (κ2) is 4.94. The molecule has 0 aromatic carbocycles. The summed E-state index contributed by atoms with van der Waals surface area (Å²) in [5, 5.41) is 11.7. The Bertz CT molecular complexity index is 309. The second-order valence-corrected chi connectivity index (χ2v) is 5.15. The van der Waals surface area contributed by atoms with Gasteiger partial charge in [-0.05, 0) is 31.6 Å². The molecule has 2 fully saturated rings. The molecule has 5 heteroatoms. The molecule has 2 amide bonds. The lowest BCUT2D eigenvalue weighted by Crippen LogP contribution is -2.50. The second-order valence-electron chi connectivity index (χ2n) is 5.15. The van der Waals surface area contributed by atoms with E-state index in [1.807, 2.05) is 0 Å². The van der Waals surface area contributed by atoms with Gasteiger partial charge in [0.25, 0.3) is 0 Å². The lowest BCUT2D eigenvalue weighted by Gasteiger charge is -2.26. The average Bonchev–Trinajstić information content (AvgIpc) is 2.98. The maximum atomic E-state index is 11.9. The lowest BCUT2D eigenvalue weighted by molar-refractivity contribution is -0.139. The van der Waals surface area contributed by atoms with E-state index in [1.165, 1.54) is 0 Å². The molecule has 0 heterocycles. The number of urea groups is 1. The minimum atomic E-state index is -0.916. The van der Waals surface area contributed by atoms with E-state index in [0.717, 1.165) is 38.5 Å². The highest BCUT2D eigenvalue weighted by molar-refractivity contribution is 5.83. The first-order chi connectivity index (χ1) is 8.09. The topological polar surface area (TPSA) is 69.6 Å². The average molecular weight is 240 g/mol. The van der Waals surface area contributed by atoms with Gasteiger partial charge in [-0.15, -0.1) is 0 Å². The Labute approximate surface area is 101 Å². The van der Waals surface area contributed by atoms with Crippen molar-refractivity contribution in [2.75, 3.05) is 7.05 Å². The zero-order valence-electron chi connectivity index (χ0n) is 10.2. The Morgan fingerprint density at radius 3 is 2.29 bits per heavy atom. The predicted molar refractivity (Wildman–Crippen MR) is 62.7 cm³/mol. The quantitative estimate of drug-likeness (QED) is 0.781. The van der Waals surface area contributed by atoms with E-state index in [1.54, 1.807) is 11.9 Å². The monoisotopic (exact) mass is 240 g/mol. The number of carbonyl (C=O) groups excluding carboxylic acids is 1. The van der Waals surface area contributed by atoms with Gasteiger partial charge in [-0.25, -0.2) is 9.59 Å². The molecule has 17 heavy (non-hydrogen) atoms. The van der Waals surface area contributed by atoms with Crippen LogP contribution < -0.4 is 5.32 Å². The van der Waals surface area contributed by atoms with Gasteiger partial charge in [0, 0.05) is 13.1 Å². The summed E-state index contributed by atoms with van der Waals surface area (Å²) in [6, 6.07) is -0.661. The van der Waals surface area contributed by atoms with E-state index >= 15 is 0 Å². The molecular weight excluding hydrogens is 220 g/mol. The molecule has 0 bridgehead atoms. The molecule has 2 N–H and O–H groups in total. The van der Waals surface area contributed by atoms with Crippen LogP contribution in [0, 0.1) is 5.92 Å².